The van der Waals surface area contributed by atoms with Crippen LogP contribution in [0.2, 0.25) is 5.02 Å². The van der Waals surface area contributed by atoms with Gasteiger partial charge >= 0.3 is 5.97 Å². The van der Waals surface area contributed by atoms with Crippen molar-refractivity contribution < 1.29 is 14.7 Å². The van der Waals surface area contributed by atoms with Crippen molar-refractivity contribution in [3.05, 3.63) is 34.9 Å². The van der Waals surface area contributed by atoms with Gasteiger partial charge in [0.15, 0.2) is 0 Å². The summed E-state index contributed by atoms with van der Waals surface area (Å²) in [5.74, 6) is -0.949. The predicted octanol–water partition coefficient (Wildman–Crippen LogP) is 3.13. The highest BCUT2D eigenvalue weighted by molar-refractivity contribution is 6.30. The number of amides is 1. The molecule has 0 aliphatic heterocycles. The van der Waals surface area contributed by atoms with Gasteiger partial charge in [-0.05, 0) is 37.0 Å². The summed E-state index contributed by atoms with van der Waals surface area (Å²) in [6.45, 7) is 1.98. The lowest BCUT2D eigenvalue weighted by molar-refractivity contribution is -0.137. The van der Waals surface area contributed by atoms with Crippen LogP contribution in [0.4, 0.5) is 0 Å². The van der Waals surface area contributed by atoms with Crippen LogP contribution in [0.15, 0.2) is 24.3 Å². The predicted molar refractivity (Wildman–Crippen MR) is 81.5 cm³/mol. The molecular formula is C16H20ClNO3. The summed E-state index contributed by atoms with van der Waals surface area (Å²) in [7, 11) is 0. The van der Waals surface area contributed by atoms with E-state index in [2.05, 4.69) is 5.32 Å². The average molecular weight is 310 g/mol. The van der Waals surface area contributed by atoms with E-state index < -0.39 is 11.4 Å². The van der Waals surface area contributed by atoms with E-state index in [1.807, 2.05) is 19.1 Å². The number of carbonyl (C=O) groups excluding carboxylic acids is 1. The molecule has 5 heteroatoms. The lowest BCUT2D eigenvalue weighted by atomic mass is 9.94. The van der Waals surface area contributed by atoms with E-state index in [0.717, 1.165) is 24.8 Å². The van der Waals surface area contributed by atoms with Crippen LogP contribution in [-0.4, -0.2) is 23.0 Å². The third-order valence-corrected chi connectivity index (χ3v) is 4.23. The van der Waals surface area contributed by atoms with Crippen molar-refractivity contribution in [2.75, 3.05) is 0 Å². The maximum atomic E-state index is 12.5. The zero-order chi connectivity index (χ0) is 15.5. The van der Waals surface area contributed by atoms with Crippen molar-refractivity contribution in [1.82, 2.24) is 5.32 Å². The second kappa shape index (κ2) is 6.48. The number of nitrogens with one attached hydrogen (secondary N) is 1. The molecule has 1 amide bonds. The molecule has 1 aliphatic carbocycles. The number of rotatable bonds is 7. The molecule has 2 N–H and O–H groups in total. The third-order valence-electron chi connectivity index (χ3n) is 3.97. The van der Waals surface area contributed by atoms with Crippen LogP contribution in [0, 0.1) is 0 Å². The number of benzene rings is 1. The van der Waals surface area contributed by atoms with Crippen molar-refractivity contribution in [3.8, 4) is 0 Å². The first kappa shape index (κ1) is 15.8. The Balaban J connectivity index is 2.07. The first-order valence-electron chi connectivity index (χ1n) is 7.27. The molecule has 21 heavy (non-hydrogen) atoms. The van der Waals surface area contributed by atoms with Crippen molar-refractivity contribution in [1.29, 1.82) is 0 Å². The number of carboxylic acid groups (broad SMARTS) is 1. The summed E-state index contributed by atoms with van der Waals surface area (Å²) in [5, 5.41) is 12.5. The molecule has 0 radical (unpaired) electrons. The first-order chi connectivity index (χ1) is 9.98. The lowest BCUT2D eigenvalue weighted by Crippen LogP contribution is -2.42. The van der Waals surface area contributed by atoms with Crippen molar-refractivity contribution in [2.45, 2.75) is 50.5 Å². The minimum absolute atomic E-state index is 0.0315. The molecule has 1 aliphatic rings. The molecule has 1 aromatic carbocycles. The third kappa shape index (κ3) is 3.76. The molecule has 0 spiro atoms. The van der Waals surface area contributed by atoms with E-state index in [1.54, 1.807) is 12.1 Å². The van der Waals surface area contributed by atoms with E-state index in [1.165, 1.54) is 0 Å². The fourth-order valence-corrected chi connectivity index (χ4v) is 2.77. The van der Waals surface area contributed by atoms with Crippen molar-refractivity contribution >= 4 is 23.5 Å². The summed E-state index contributed by atoms with van der Waals surface area (Å²) >= 11 is 5.88. The summed E-state index contributed by atoms with van der Waals surface area (Å²) < 4.78 is 0. The van der Waals surface area contributed by atoms with Gasteiger partial charge in [0.05, 0.1) is 11.8 Å². The molecule has 1 aromatic rings. The summed E-state index contributed by atoms with van der Waals surface area (Å²) in [6.07, 6.45) is 3.08. The highest BCUT2D eigenvalue weighted by Crippen LogP contribution is 2.48. The molecule has 1 saturated carbocycles. The molecule has 0 saturated heterocycles. The molecule has 2 rings (SSSR count). The Bertz CT molecular complexity index is 523. The van der Waals surface area contributed by atoms with Crippen LogP contribution < -0.4 is 5.32 Å². The molecule has 1 atom stereocenters. The van der Waals surface area contributed by atoms with E-state index >= 15 is 0 Å². The second-order valence-electron chi connectivity index (χ2n) is 5.65. The van der Waals surface area contributed by atoms with Crippen LogP contribution in [0.1, 0.15) is 44.6 Å². The Morgan fingerprint density at radius 2 is 1.95 bits per heavy atom. The van der Waals surface area contributed by atoms with Gasteiger partial charge in [0, 0.05) is 11.1 Å². The lowest BCUT2D eigenvalue weighted by Gasteiger charge is -2.21. The van der Waals surface area contributed by atoms with Gasteiger partial charge in [-0.2, -0.15) is 0 Å². The van der Waals surface area contributed by atoms with Gasteiger partial charge < -0.3 is 10.4 Å². The average Bonchev–Trinajstić information content (AvgIpc) is 3.20. The Hall–Kier alpha value is -1.55. The van der Waals surface area contributed by atoms with Crippen LogP contribution >= 0.6 is 11.6 Å². The van der Waals surface area contributed by atoms with Gasteiger partial charge in [0.1, 0.15) is 0 Å². The number of carboxylic acids is 1. The van der Waals surface area contributed by atoms with Crippen LogP contribution in [0.5, 0.6) is 0 Å². The zero-order valence-corrected chi connectivity index (χ0v) is 12.8. The molecule has 1 fully saturated rings. The normalized spacial score (nSPS) is 17.0. The summed E-state index contributed by atoms with van der Waals surface area (Å²) in [5.41, 5.74) is 0.463. The topological polar surface area (TPSA) is 66.4 Å². The minimum atomic E-state index is -0.884. The number of aliphatic carboxylic acids is 1. The van der Waals surface area contributed by atoms with Crippen LogP contribution in [-0.2, 0) is 15.0 Å². The van der Waals surface area contributed by atoms with Gasteiger partial charge in [-0.3, -0.25) is 9.59 Å². The SMILES string of the molecule is CCCC(CC(=O)O)NC(=O)C1(c2ccc(Cl)cc2)CC1. The summed E-state index contributed by atoms with van der Waals surface area (Å²) in [4.78, 5) is 23.4. The maximum Gasteiger partial charge on any atom is 0.305 e. The number of hydrogen-bond acceptors (Lipinski definition) is 2. The fourth-order valence-electron chi connectivity index (χ4n) is 2.65. The largest absolute Gasteiger partial charge is 0.481 e. The molecule has 1 unspecified atom stereocenters. The van der Waals surface area contributed by atoms with E-state index in [0.29, 0.717) is 11.4 Å². The van der Waals surface area contributed by atoms with Crippen LogP contribution in [0.3, 0.4) is 0 Å². The Kier molecular flexibility index (Phi) is 4.88. The maximum absolute atomic E-state index is 12.5. The van der Waals surface area contributed by atoms with Gasteiger partial charge in [-0.1, -0.05) is 37.1 Å². The number of halogens is 1. The molecule has 4 nitrogen and oxygen atoms in total. The molecule has 0 bridgehead atoms. The highest BCUT2D eigenvalue weighted by atomic mass is 35.5. The fraction of sp³-hybridized carbons (Fsp3) is 0.500. The molecule has 114 valence electrons. The number of hydrogen-bond donors (Lipinski definition) is 2. The van der Waals surface area contributed by atoms with E-state index in [9.17, 15) is 9.59 Å². The number of carbonyl (C=O) groups is 2. The highest BCUT2D eigenvalue weighted by Gasteiger charge is 2.51. The van der Waals surface area contributed by atoms with Gasteiger partial charge in [0.25, 0.3) is 0 Å². The van der Waals surface area contributed by atoms with Crippen molar-refractivity contribution in [3.63, 3.8) is 0 Å². The standard InChI is InChI=1S/C16H20ClNO3/c1-2-3-13(10-14(19)20)18-15(21)16(8-9-16)11-4-6-12(17)7-5-11/h4-7,13H,2-3,8-10H2,1H3,(H,18,21)(H,19,20). The van der Waals surface area contributed by atoms with Crippen LogP contribution in [0.25, 0.3) is 0 Å². The molecular weight excluding hydrogens is 290 g/mol. The van der Waals surface area contributed by atoms with Crippen molar-refractivity contribution in [2.24, 2.45) is 0 Å². The van der Waals surface area contributed by atoms with Gasteiger partial charge in [-0.25, -0.2) is 0 Å². The Morgan fingerprint density at radius 1 is 1.33 bits per heavy atom. The zero-order valence-electron chi connectivity index (χ0n) is 12.1. The van der Waals surface area contributed by atoms with Gasteiger partial charge in [0.2, 0.25) is 5.91 Å². The van der Waals surface area contributed by atoms with Gasteiger partial charge in [-0.15, -0.1) is 0 Å². The first-order valence-corrected chi connectivity index (χ1v) is 7.64. The molecule has 0 aromatic heterocycles. The second-order valence-corrected chi connectivity index (χ2v) is 6.08. The smallest absolute Gasteiger partial charge is 0.305 e. The Morgan fingerprint density at radius 3 is 2.43 bits per heavy atom. The van der Waals surface area contributed by atoms with E-state index in [4.69, 9.17) is 16.7 Å². The Labute approximate surface area is 129 Å². The quantitative estimate of drug-likeness (QED) is 0.813. The minimum Gasteiger partial charge on any atom is -0.481 e. The van der Waals surface area contributed by atoms with E-state index in [-0.39, 0.29) is 18.4 Å². The molecule has 0 heterocycles. The summed E-state index contributed by atoms with van der Waals surface area (Å²) in [6, 6.07) is 7.02. The monoisotopic (exact) mass is 309 g/mol.